The van der Waals surface area contributed by atoms with Crippen LogP contribution in [0.1, 0.15) is 36.8 Å². The molecule has 2 rings (SSSR count). The van der Waals surface area contributed by atoms with Crippen LogP contribution in [-0.2, 0) is 12.6 Å². The van der Waals surface area contributed by atoms with E-state index in [0.29, 0.717) is 28.7 Å². The Kier molecular flexibility index (Phi) is 4.79. The van der Waals surface area contributed by atoms with E-state index in [4.69, 9.17) is 5.73 Å². The van der Waals surface area contributed by atoms with Crippen LogP contribution in [-0.4, -0.2) is 11.8 Å². The van der Waals surface area contributed by atoms with Crippen molar-refractivity contribution in [3.05, 3.63) is 29.3 Å². The maximum absolute atomic E-state index is 13.1. The molecule has 19 heavy (non-hydrogen) atoms. The van der Waals surface area contributed by atoms with Crippen molar-refractivity contribution >= 4 is 11.8 Å². The molecule has 0 heterocycles. The quantitative estimate of drug-likeness (QED) is 0.897. The third kappa shape index (κ3) is 3.89. The normalized spacial score (nSPS) is 17.1. The molecule has 0 bridgehead atoms. The molecule has 5 heteroatoms. The lowest BCUT2D eigenvalue weighted by molar-refractivity contribution is -0.139. The molecule has 0 spiro atoms. The summed E-state index contributed by atoms with van der Waals surface area (Å²) in [6, 6.07) is 4.63. The summed E-state index contributed by atoms with van der Waals surface area (Å²) in [6.07, 6.45) is 0.497. The lowest BCUT2D eigenvalue weighted by atomic mass is 10.1. The van der Waals surface area contributed by atoms with Gasteiger partial charge < -0.3 is 5.73 Å². The predicted molar refractivity (Wildman–Crippen MR) is 72.3 cm³/mol. The van der Waals surface area contributed by atoms with Gasteiger partial charge in [-0.15, -0.1) is 11.8 Å². The van der Waals surface area contributed by atoms with Crippen LogP contribution in [0.2, 0.25) is 0 Å². The molecular weight excluding hydrogens is 271 g/mol. The van der Waals surface area contributed by atoms with Gasteiger partial charge in [0.15, 0.2) is 0 Å². The Balaban J connectivity index is 2.25. The summed E-state index contributed by atoms with van der Waals surface area (Å²) in [6.45, 7) is 0.367. The second kappa shape index (κ2) is 6.18. The molecule has 1 fully saturated rings. The molecule has 0 aliphatic heterocycles. The van der Waals surface area contributed by atoms with Crippen molar-refractivity contribution in [3.8, 4) is 0 Å². The minimum Gasteiger partial charge on any atom is -0.330 e. The smallest absolute Gasteiger partial charge is 0.330 e. The summed E-state index contributed by atoms with van der Waals surface area (Å²) in [5.41, 5.74) is 5.56. The Bertz CT molecular complexity index is 425. The van der Waals surface area contributed by atoms with E-state index in [-0.39, 0.29) is 0 Å². The second-order valence-corrected chi connectivity index (χ2v) is 6.23. The van der Waals surface area contributed by atoms with Gasteiger partial charge in [0.1, 0.15) is 0 Å². The molecule has 0 saturated heterocycles. The molecule has 0 aromatic heterocycles. The predicted octanol–water partition coefficient (Wildman–Crippen LogP) is 4.24. The van der Waals surface area contributed by atoms with Gasteiger partial charge in [0.2, 0.25) is 0 Å². The molecular formula is C14H18F3NS. The van der Waals surface area contributed by atoms with E-state index in [0.717, 1.165) is 25.7 Å². The first kappa shape index (κ1) is 14.7. The van der Waals surface area contributed by atoms with Crippen LogP contribution in [0.3, 0.4) is 0 Å². The van der Waals surface area contributed by atoms with E-state index in [2.05, 4.69) is 0 Å². The number of benzene rings is 1. The zero-order valence-electron chi connectivity index (χ0n) is 10.7. The summed E-state index contributed by atoms with van der Waals surface area (Å²) in [7, 11) is 0. The van der Waals surface area contributed by atoms with Crippen molar-refractivity contribution < 1.29 is 13.2 Å². The molecule has 0 radical (unpaired) electrons. The Hall–Kier alpha value is -0.680. The van der Waals surface area contributed by atoms with Crippen molar-refractivity contribution in [1.82, 2.24) is 0 Å². The summed E-state index contributed by atoms with van der Waals surface area (Å²) >= 11 is 1.38. The van der Waals surface area contributed by atoms with E-state index in [1.54, 1.807) is 12.1 Å². The minimum absolute atomic E-state index is 0.335. The lowest BCUT2D eigenvalue weighted by Gasteiger charge is -2.16. The van der Waals surface area contributed by atoms with Crippen molar-refractivity contribution in [3.63, 3.8) is 0 Å². The van der Waals surface area contributed by atoms with Crippen LogP contribution in [0.15, 0.2) is 23.1 Å². The first-order valence-electron chi connectivity index (χ1n) is 6.57. The van der Waals surface area contributed by atoms with Crippen LogP contribution in [0.4, 0.5) is 13.2 Å². The molecule has 1 aliphatic rings. The average molecular weight is 289 g/mol. The molecule has 1 aromatic carbocycles. The first-order chi connectivity index (χ1) is 9.00. The largest absolute Gasteiger partial charge is 0.417 e. The summed E-state index contributed by atoms with van der Waals surface area (Å²) in [5, 5.41) is 0.335. The van der Waals surface area contributed by atoms with Crippen molar-refractivity contribution in [2.75, 3.05) is 6.54 Å². The molecule has 0 atom stereocenters. The monoisotopic (exact) mass is 289 g/mol. The number of hydrogen-bond acceptors (Lipinski definition) is 2. The van der Waals surface area contributed by atoms with Gasteiger partial charge in [-0.25, -0.2) is 0 Å². The molecule has 106 valence electrons. The number of nitrogens with two attached hydrogens (primary N) is 1. The standard InChI is InChI=1S/C14H18F3NS/c15-14(16,17)12-9-10(7-8-18)5-6-13(12)19-11-3-1-2-4-11/h5-6,9,11H,1-4,7-8,18H2. The van der Waals surface area contributed by atoms with Crippen molar-refractivity contribution in [2.45, 2.75) is 48.4 Å². The number of halogens is 3. The Morgan fingerprint density at radius 1 is 1.21 bits per heavy atom. The maximum atomic E-state index is 13.1. The molecule has 1 aliphatic carbocycles. The molecule has 1 nitrogen and oxygen atoms in total. The first-order valence-corrected chi connectivity index (χ1v) is 7.45. The van der Waals surface area contributed by atoms with Gasteiger partial charge in [0.25, 0.3) is 0 Å². The topological polar surface area (TPSA) is 26.0 Å². The SMILES string of the molecule is NCCc1ccc(SC2CCCC2)c(C(F)(F)F)c1. The van der Waals surface area contributed by atoms with E-state index in [9.17, 15) is 13.2 Å². The fourth-order valence-corrected chi connectivity index (χ4v) is 3.79. The van der Waals surface area contributed by atoms with Crippen LogP contribution >= 0.6 is 11.8 Å². The summed E-state index contributed by atoms with van der Waals surface area (Å²) < 4.78 is 39.3. The van der Waals surface area contributed by atoms with Crippen molar-refractivity contribution in [1.29, 1.82) is 0 Å². The molecule has 0 amide bonds. The number of alkyl halides is 3. The summed E-state index contributed by atoms with van der Waals surface area (Å²) in [5.74, 6) is 0. The molecule has 2 N–H and O–H groups in total. The van der Waals surface area contributed by atoms with Crippen molar-refractivity contribution in [2.24, 2.45) is 5.73 Å². The van der Waals surface area contributed by atoms with Gasteiger partial charge in [0, 0.05) is 10.1 Å². The minimum atomic E-state index is -4.29. The van der Waals surface area contributed by atoms with Gasteiger partial charge in [-0.1, -0.05) is 18.9 Å². The highest BCUT2D eigenvalue weighted by Crippen LogP contribution is 2.42. The van der Waals surface area contributed by atoms with Gasteiger partial charge >= 0.3 is 6.18 Å². The van der Waals surface area contributed by atoms with E-state index in [1.807, 2.05) is 0 Å². The van der Waals surface area contributed by atoms with Gasteiger partial charge in [0.05, 0.1) is 5.56 Å². The van der Waals surface area contributed by atoms with Crippen LogP contribution in [0.25, 0.3) is 0 Å². The van der Waals surface area contributed by atoms with E-state index in [1.165, 1.54) is 17.8 Å². The van der Waals surface area contributed by atoms with E-state index < -0.39 is 11.7 Å². The van der Waals surface area contributed by atoms with Crippen LogP contribution in [0, 0.1) is 0 Å². The molecule has 1 saturated carbocycles. The highest BCUT2D eigenvalue weighted by Gasteiger charge is 2.34. The van der Waals surface area contributed by atoms with Crippen LogP contribution in [0.5, 0.6) is 0 Å². The third-order valence-corrected chi connectivity index (χ3v) is 4.79. The average Bonchev–Trinajstić information content (AvgIpc) is 2.83. The number of hydrogen-bond donors (Lipinski definition) is 1. The fourth-order valence-electron chi connectivity index (χ4n) is 2.41. The maximum Gasteiger partial charge on any atom is 0.417 e. The van der Waals surface area contributed by atoms with Crippen LogP contribution < -0.4 is 5.73 Å². The summed E-state index contributed by atoms with van der Waals surface area (Å²) in [4.78, 5) is 0.361. The third-order valence-electron chi connectivity index (χ3n) is 3.38. The number of thioether (sulfide) groups is 1. The molecule has 0 unspecified atom stereocenters. The van der Waals surface area contributed by atoms with E-state index >= 15 is 0 Å². The highest BCUT2D eigenvalue weighted by atomic mass is 32.2. The zero-order valence-corrected chi connectivity index (χ0v) is 11.5. The van der Waals surface area contributed by atoms with Gasteiger partial charge in [-0.3, -0.25) is 0 Å². The highest BCUT2D eigenvalue weighted by molar-refractivity contribution is 8.00. The Morgan fingerprint density at radius 3 is 2.47 bits per heavy atom. The number of rotatable bonds is 4. The Labute approximate surface area is 115 Å². The van der Waals surface area contributed by atoms with Gasteiger partial charge in [-0.05, 0) is 43.5 Å². The Morgan fingerprint density at radius 2 is 1.89 bits per heavy atom. The second-order valence-electron chi connectivity index (χ2n) is 4.89. The zero-order chi connectivity index (χ0) is 13.9. The molecule has 1 aromatic rings. The fraction of sp³-hybridized carbons (Fsp3) is 0.571. The lowest BCUT2D eigenvalue weighted by Crippen LogP contribution is -2.10. The van der Waals surface area contributed by atoms with Gasteiger partial charge in [-0.2, -0.15) is 13.2 Å².